The average molecular weight is 376 g/mol. The molecule has 0 unspecified atom stereocenters. The number of carbonyl (C=O) groups excluding carboxylic acids is 1. The Balaban J connectivity index is 1.52. The summed E-state index contributed by atoms with van der Waals surface area (Å²) in [5.74, 6) is 0.655. The summed E-state index contributed by atoms with van der Waals surface area (Å²) in [5, 5.41) is 3.27. The fourth-order valence-corrected chi connectivity index (χ4v) is 4.10. The highest BCUT2D eigenvalue weighted by atomic mass is 16.5. The monoisotopic (exact) mass is 376 g/mol. The SMILES string of the molecule is COCCC1(NC(=O)COc2ccccc2)CCN(C2CCOCC2)CC1. The molecule has 150 valence electrons. The fourth-order valence-electron chi connectivity index (χ4n) is 4.10. The lowest BCUT2D eigenvalue weighted by Crippen LogP contribution is -2.58. The third-order valence-electron chi connectivity index (χ3n) is 5.76. The Hall–Kier alpha value is -1.63. The molecule has 3 rings (SSSR count). The van der Waals surface area contributed by atoms with Gasteiger partial charge in [-0.05, 0) is 44.2 Å². The Morgan fingerprint density at radius 3 is 2.59 bits per heavy atom. The first-order valence-electron chi connectivity index (χ1n) is 10.0. The molecule has 1 aromatic rings. The molecule has 0 atom stereocenters. The molecular weight excluding hydrogens is 344 g/mol. The molecule has 1 aromatic carbocycles. The number of carbonyl (C=O) groups is 1. The number of piperidine rings is 1. The fraction of sp³-hybridized carbons (Fsp3) is 0.667. The van der Waals surface area contributed by atoms with Crippen molar-refractivity contribution in [1.29, 1.82) is 0 Å². The van der Waals surface area contributed by atoms with E-state index in [0.717, 1.165) is 58.4 Å². The number of hydrogen-bond acceptors (Lipinski definition) is 5. The van der Waals surface area contributed by atoms with E-state index in [-0.39, 0.29) is 18.1 Å². The van der Waals surface area contributed by atoms with Crippen LogP contribution in [-0.4, -0.2) is 69.0 Å². The van der Waals surface area contributed by atoms with E-state index in [2.05, 4.69) is 10.2 Å². The molecule has 2 aliphatic heterocycles. The summed E-state index contributed by atoms with van der Waals surface area (Å²) in [4.78, 5) is 15.1. The summed E-state index contributed by atoms with van der Waals surface area (Å²) in [5.41, 5.74) is -0.200. The number of benzene rings is 1. The van der Waals surface area contributed by atoms with Crippen LogP contribution in [0.1, 0.15) is 32.1 Å². The predicted octanol–water partition coefficient (Wildman–Crippen LogP) is 2.23. The molecule has 2 saturated heterocycles. The first kappa shape index (κ1) is 20.1. The minimum atomic E-state index is -0.200. The highest BCUT2D eigenvalue weighted by molar-refractivity contribution is 5.78. The molecule has 2 aliphatic rings. The van der Waals surface area contributed by atoms with Crippen molar-refractivity contribution in [2.24, 2.45) is 0 Å². The lowest BCUT2D eigenvalue weighted by molar-refractivity contribution is -0.126. The topological polar surface area (TPSA) is 60.0 Å². The first-order valence-corrected chi connectivity index (χ1v) is 10.0. The van der Waals surface area contributed by atoms with Gasteiger partial charge in [-0.15, -0.1) is 0 Å². The van der Waals surface area contributed by atoms with Crippen LogP contribution in [0.4, 0.5) is 0 Å². The lowest BCUT2D eigenvalue weighted by Gasteiger charge is -2.45. The maximum absolute atomic E-state index is 12.5. The van der Waals surface area contributed by atoms with Crippen LogP contribution in [0, 0.1) is 0 Å². The van der Waals surface area contributed by atoms with Gasteiger partial charge in [-0.1, -0.05) is 18.2 Å². The van der Waals surface area contributed by atoms with Crippen molar-refractivity contribution < 1.29 is 19.0 Å². The van der Waals surface area contributed by atoms with Gasteiger partial charge < -0.3 is 24.4 Å². The maximum Gasteiger partial charge on any atom is 0.258 e. The zero-order valence-electron chi connectivity index (χ0n) is 16.3. The molecule has 1 amide bonds. The van der Waals surface area contributed by atoms with Gasteiger partial charge in [-0.25, -0.2) is 0 Å². The van der Waals surface area contributed by atoms with E-state index in [1.54, 1.807) is 7.11 Å². The van der Waals surface area contributed by atoms with Crippen molar-refractivity contribution in [3.63, 3.8) is 0 Å². The summed E-state index contributed by atoms with van der Waals surface area (Å²) < 4.78 is 16.4. The van der Waals surface area contributed by atoms with Gasteiger partial charge in [-0.2, -0.15) is 0 Å². The number of rotatable bonds is 8. The van der Waals surface area contributed by atoms with Gasteiger partial charge in [0.1, 0.15) is 5.75 Å². The molecule has 0 aromatic heterocycles. The Morgan fingerprint density at radius 1 is 1.22 bits per heavy atom. The smallest absolute Gasteiger partial charge is 0.258 e. The van der Waals surface area contributed by atoms with E-state index in [0.29, 0.717) is 18.4 Å². The number of hydrogen-bond donors (Lipinski definition) is 1. The van der Waals surface area contributed by atoms with Crippen molar-refractivity contribution in [1.82, 2.24) is 10.2 Å². The number of methoxy groups -OCH3 is 1. The zero-order valence-corrected chi connectivity index (χ0v) is 16.3. The van der Waals surface area contributed by atoms with Crippen LogP contribution in [0.15, 0.2) is 30.3 Å². The Labute approximate surface area is 162 Å². The van der Waals surface area contributed by atoms with Crippen LogP contribution in [0.2, 0.25) is 0 Å². The van der Waals surface area contributed by atoms with Gasteiger partial charge in [0.15, 0.2) is 6.61 Å². The highest BCUT2D eigenvalue weighted by Gasteiger charge is 2.37. The minimum absolute atomic E-state index is 0.0441. The maximum atomic E-state index is 12.5. The van der Waals surface area contributed by atoms with Gasteiger partial charge >= 0.3 is 0 Å². The van der Waals surface area contributed by atoms with Gasteiger partial charge in [0.05, 0.1) is 0 Å². The number of ether oxygens (including phenoxy) is 3. The Bertz CT molecular complexity index is 567. The van der Waals surface area contributed by atoms with E-state index in [1.807, 2.05) is 30.3 Å². The Morgan fingerprint density at radius 2 is 1.93 bits per heavy atom. The quantitative estimate of drug-likeness (QED) is 0.754. The molecule has 0 bridgehead atoms. The number of likely N-dealkylation sites (tertiary alicyclic amines) is 1. The molecular formula is C21H32N2O4. The van der Waals surface area contributed by atoms with Gasteiger partial charge in [0, 0.05) is 51.6 Å². The molecule has 6 heteroatoms. The molecule has 0 spiro atoms. The molecule has 6 nitrogen and oxygen atoms in total. The molecule has 1 N–H and O–H groups in total. The van der Waals surface area contributed by atoms with Crippen LogP contribution < -0.4 is 10.1 Å². The normalized spacial score (nSPS) is 20.9. The van der Waals surface area contributed by atoms with Crippen LogP contribution in [0.5, 0.6) is 5.75 Å². The van der Waals surface area contributed by atoms with E-state index in [1.165, 1.54) is 0 Å². The summed E-state index contributed by atoms with van der Waals surface area (Å²) in [6.45, 7) is 4.44. The third kappa shape index (κ3) is 5.92. The van der Waals surface area contributed by atoms with E-state index in [9.17, 15) is 4.79 Å². The van der Waals surface area contributed by atoms with Crippen molar-refractivity contribution in [3.8, 4) is 5.75 Å². The number of nitrogens with zero attached hydrogens (tertiary/aromatic N) is 1. The second-order valence-electron chi connectivity index (χ2n) is 7.55. The summed E-state index contributed by atoms with van der Waals surface area (Å²) in [6.07, 6.45) is 4.96. The minimum Gasteiger partial charge on any atom is -0.484 e. The molecule has 0 saturated carbocycles. The second-order valence-corrected chi connectivity index (χ2v) is 7.55. The van der Waals surface area contributed by atoms with Crippen molar-refractivity contribution in [2.75, 3.05) is 46.6 Å². The van der Waals surface area contributed by atoms with Crippen LogP contribution in [-0.2, 0) is 14.3 Å². The standard InChI is InChI=1S/C21H32N2O4/c1-25-16-11-21(22-20(24)17-27-19-5-3-2-4-6-19)9-12-23(13-10-21)18-7-14-26-15-8-18/h2-6,18H,7-17H2,1H3,(H,22,24). The first-order chi connectivity index (χ1) is 13.2. The lowest BCUT2D eigenvalue weighted by atomic mass is 9.83. The predicted molar refractivity (Wildman–Crippen MR) is 104 cm³/mol. The van der Waals surface area contributed by atoms with E-state index >= 15 is 0 Å². The van der Waals surface area contributed by atoms with E-state index in [4.69, 9.17) is 14.2 Å². The van der Waals surface area contributed by atoms with Crippen molar-refractivity contribution >= 4 is 5.91 Å². The number of amides is 1. The van der Waals surface area contributed by atoms with Gasteiger partial charge in [-0.3, -0.25) is 4.79 Å². The highest BCUT2D eigenvalue weighted by Crippen LogP contribution is 2.29. The third-order valence-corrected chi connectivity index (χ3v) is 5.76. The molecule has 2 heterocycles. The number of para-hydroxylation sites is 1. The summed E-state index contributed by atoms with van der Waals surface area (Å²) >= 11 is 0. The summed E-state index contributed by atoms with van der Waals surface area (Å²) in [7, 11) is 1.71. The van der Waals surface area contributed by atoms with Crippen LogP contribution in [0.25, 0.3) is 0 Å². The summed E-state index contributed by atoms with van der Waals surface area (Å²) in [6, 6.07) is 10.1. The molecule has 2 fully saturated rings. The van der Waals surface area contributed by atoms with Crippen LogP contribution in [0.3, 0.4) is 0 Å². The van der Waals surface area contributed by atoms with Gasteiger partial charge in [0.2, 0.25) is 0 Å². The molecule has 0 radical (unpaired) electrons. The number of nitrogens with one attached hydrogen (secondary N) is 1. The van der Waals surface area contributed by atoms with Crippen molar-refractivity contribution in [2.45, 2.75) is 43.7 Å². The van der Waals surface area contributed by atoms with Gasteiger partial charge in [0.25, 0.3) is 5.91 Å². The largest absolute Gasteiger partial charge is 0.484 e. The second kappa shape index (κ2) is 10.1. The molecule has 27 heavy (non-hydrogen) atoms. The van der Waals surface area contributed by atoms with E-state index < -0.39 is 0 Å². The zero-order chi connectivity index (χ0) is 19.0. The average Bonchev–Trinajstić information content (AvgIpc) is 2.73. The molecule has 0 aliphatic carbocycles. The van der Waals surface area contributed by atoms with Crippen LogP contribution >= 0.6 is 0 Å². The van der Waals surface area contributed by atoms with Crippen molar-refractivity contribution in [3.05, 3.63) is 30.3 Å². The Kier molecular flexibility index (Phi) is 7.50.